The molecule has 0 aromatic heterocycles. The number of anilines is 1. The van der Waals surface area contributed by atoms with Gasteiger partial charge in [-0.05, 0) is 17.7 Å². The fourth-order valence-corrected chi connectivity index (χ4v) is 1.95. The van der Waals surface area contributed by atoms with Crippen molar-refractivity contribution in [3.05, 3.63) is 70.3 Å². The Morgan fingerprint density at radius 2 is 1.76 bits per heavy atom. The second-order valence-corrected chi connectivity index (χ2v) is 4.59. The number of rotatable bonds is 6. The van der Waals surface area contributed by atoms with Crippen LogP contribution in [-0.4, -0.2) is 16.9 Å². The summed E-state index contributed by atoms with van der Waals surface area (Å²) in [6, 6.07) is 14.8. The Hall–Kier alpha value is -2.89. The van der Waals surface area contributed by atoms with Crippen LogP contribution in [0, 0.1) is 10.1 Å². The summed E-state index contributed by atoms with van der Waals surface area (Å²) < 4.78 is 0. The Bertz CT molecular complexity index is 626. The van der Waals surface area contributed by atoms with Crippen LogP contribution < -0.4 is 11.1 Å². The fraction of sp³-hybridized carbons (Fsp3) is 0.133. The van der Waals surface area contributed by atoms with Gasteiger partial charge in [0, 0.05) is 24.2 Å². The monoisotopic (exact) mass is 285 g/mol. The number of primary amides is 1. The smallest absolute Gasteiger partial charge is 0.269 e. The molecule has 1 atom stereocenters. The van der Waals surface area contributed by atoms with Gasteiger partial charge in [0.15, 0.2) is 0 Å². The third kappa shape index (κ3) is 4.04. The van der Waals surface area contributed by atoms with Crippen molar-refractivity contribution in [1.29, 1.82) is 0 Å². The predicted octanol–water partition coefficient (Wildman–Crippen LogP) is 2.10. The standard InChI is InChI=1S/C15H15N3O3/c16-15(19)14(10-11-4-2-1-3-5-11)17-12-6-8-13(9-7-12)18(20)21/h1-9,14,17H,10H2,(H2,16,19). The van der Waals surface area contributed by atoms with Gasteiger partial charge >= 0.3 is 0 Å². The molecule has 0 radical (unpaired) electrons. The molecular formula is C15H15N3O3. The third-order valence-electron chi connectivity index (χ3n) is 3.05. The summed E-state index contributed by atoms with van der Waals surface area (Å²) in [5, 5.41) is 13.6. The molecule has 21 heavy (non-hydrogen) atoms. The third-order valence-corrected chi connectivity index (χ3v) is 3.05. The Morgan fingerprint density at radius 3 is 2.29 bits per heavy atom. The summed E-state index contributed by atoms with van der Waals surface area (Å²) in [5.41, 5.74) is 6.99. The number of carbonyl (C=O) groups excluding carboxylic acids is 1. The molecule has 0 saturated carbocycles. The van der Waals surface area contributed by atoms with Gasteiger partial charge in [-0.25, -0.2) is 0 Å². The normalized spacial score (nSPS) is 11.6. The summed E-state index contributed by atoms with van der Waals surface area (Å²) in [6.45, 7) is 0. The quantitative estimate of drug-likeness (QED) is 0.627. The molecule has 0 aliphatic heterocycles. The molecule has 3 N–H and O–H groups in total. The van der Waals surface area contributed by atoms with Crippen molar-refractivity contribution >= 4 is 17.3 Å². The molecule has 6 heteroatoms. The first-order chi connectivity index (χ1) is 10.1. The first-order valence-corrected chi connectivity index (χ1v) is 6.40. The van der Waals surface area contributed by atoms with Crippen LogP contribution >= 0.6 is 0 Å². The van der Waals surface area contributed by atoms with Crippen LogP contribution in [0.25, 0.3) is 0 Å². The highest BCUT2D eigenvalue weighted by atomic mass is 16.6. The molecule has 0 saturated heterocycles. The van der Waals surface area contributed by atoms with Crippen molar-refractivity contribution in [1.82, 2.24) is 0 Å². The van der Waals surface area contributed by atoms with Crippen LogP contribution in [0.3, 0.4) is 0 Å². The Morgan fingerprint density at radius 1 is 1.14 bits per heavy atom. The van der Waals surface area contributed by atoms with E-state index in [1.54, 1.807) is 12.1 Å². The van der Waals surface area contributed by atoms with E-state index in [9.17, 15) is 14.9 Å². The Kier molecular flexibility index (Phi) is 4.50. The van der Waals surface area contributed by atoms with Gasteiger partial charge in [-0.2, -0.15) is 0 Å². The predicted molar refractivity (Wildman–Crippen MR) is 79.8 cm³/mol. The van der Waals surface area contributed by atoms with E-state index in [-0.39, 0.29) is 5.69 Å². The maximum absolute atomic E-state index is 11.5. The number of nitrogens with zero attached hydrogens (tertiary/aromatic N) is 1. The molecule has 6 nitrogen and oxygen atoms in total. The van der Waals surface area contributed by atoms with E-state index in [4.69, 9.17) is 5.73 Å². The maximum Gasteiger partial charge on any atom is 0.269 e. The van der Waals surface area contributed by atoms with Crippen molar-refractivity contribution in [2.24, 2.45) is 5.73 Å². The summed E-state index contributed by atoms with van der Waals surface area (Å²) in [7, 11) is 0. The number of nitrogens with two attached hydrogens (primary N) is 1. The van der Waals surface area contributed by atoms with Crippen molar-refractivity contribution in [2.75, 3.05) is 5.32 Å². The van der Waals surface area contributed by atoms with E-state index >= 15 is 0 Å². The van der Waals surface area contributed by atoms with Crippen LogP contribution in [0.15, 0.2) is 54.6 Å². The topological polar surface area (TPSA) is 98.3 Å². The molecular weight excluding hydrogens is 270 g/mol. The van der Waals surface area contributed by atoms with E-state index in [0.717, 1.165) is 5.56 Å². The second-order valence-electron chi connectivity index (χ2n) is 4.59. The van der Waals surface area contributed by atoms with Gasteiger partial charge in [0.25, 0.3) is 5.69 Å². The zero-order valence-corrected chi connectivity index (χ0v) is 11.2. The highest BCUT2D eigenvalue weighted by Crippen LogP contribution is 2.17. The van der Waals surface area contributed by atoms with Crippen LogP contribution in [0.1, 0.15) is 5.56 Å². The average Bonchev–Trinajstić information content (AvgIpc) is 2.48. The maximum atomic E-state index is 11.5. The number of hydrogen-bond acceptors (Lipinski definition) is 4. The zero-order valence-electron chi connectivity index (χ0n) is 11.2. The molecule has 2 rings (SSSR count). The molecule has 0 aliphatic rings. The molecule has 1 amide bonds. The number of nitro groups is 1. The minimum atomic E-state index is -0.575. The van der Waals surface area contributed by atoms with Gasteiger partial charge in [-0.15, -0.1) is 0 Å². The van der Waals surface area contributed by atoms with E-state index in [0.29, 0.717) is 12.1 Å². The van der Waals surface area contributed by atoms with Crippen molar-refractivity contribution in [3.8, 4) is 0 Å². The van der Waals surface area contributed by atoms with E-state index < -0.39 is 16.9 Å². The van der Waals surface area contributed by atoms with Gasteiger partial charge in [0.05, 0.1) is 4.92 Å². The first-order valence-electron chi connectivity index (χ1n) is 6.40. The van der Waals surface area contributed by atoms with Crippen molar-refractivity contribution in [3.63, 3.8) is 0 Å². The molecule has 0 aliphatic carbocycles. The largest absolute Gasteiger partial charge is 0.373 e. The highest BCUT2D eigenvalue weighted by Gasteiger charge is 2.16. The Balaban J connectivity index is 2.09. The van der Waals surface area contributed by atoms with Crippen molar-refractivity contribution < 1.29 is 9.72 Å². The number of carbonyl (C=O) groups is 1. The fourth-order valence-electron chi connectivity index (χ4n) is 1.95. The number of non-ortho nitro benzene ring substituents is 1. The molecule has 0 fully saturated rings. The van der Waals surface area contributed by atoms with Gasteiger partial charge in [-0.1, -0.05) is 30.3 Å². The molecule has 0 spiro atoms. The molecule has 2 aromatic carbocycles. The van der Waals surface area contributed by atoms with Gasteiger partial charge < -0.3 is 11.1 Å². The lowest BCUT2D eigenvalue weighted by molar-refractivity contribution is -0.384. The van der Waals surface area contributed by atoms with E-state index in [1.807, 2.05) is 30.3 Å². The SMILES string of the molecule is NC(=O)C(Cc1ccccc1)Nc1ccc([N+](=O)[O-])cc1. The van der Waals surface area contributed by atoms with Crippen LogP contribution in [0.5, 0.6) is 0 Å². The highest BCUT2D eigenvalue weighted by molar-refractivity contribution is 5.83. The van der Waals surface area contributed by atoms with Crippen LogP contribution in [0.2, 0.25) is 0 Å². The van der Waals surface area contributed by atoms with Gasteiger partial charge in [-0.3, -0.25) is 14.9 Å². The van der Waals surface area contributed by atoms with Gasteiger partial charge in [0.1, 0.15) is 6.04 Å². The molecule has 108 valence electrons. The first kappa shape index (κ1) is 14.5. The Labute approximate surface area is 121 Å². The lowest BCUT2D eigenvalue weighted by Crippen LogP contribution is -2.37. The lowest BCUT2D eigenvalue weighted by atomic mass is 10.1. The second kappa shape index (κ2) is 6.51. The summed E-state index contributed by atoms with van der Waals surface area (Å²) in [4.78, 5) is 21.7. The van der Waals surface area contributed by atoms with Crippen LogP contribution in [-0.2, 0) is 11.2 Å². The summed E-state index contributed by atoms with van der Waals surface area (Å²) >= 11 is 0. The molecule has 0 heterocycles. The minimum Gasteiger partial charge on any atom is -0.373 e. The van der Waals surface area contributed by atoms with Gasteiger partial charge in [0.2, 0.25) is 5.91 Å². The minimum absolute atomic E-state index is 0.000709. The number of amides is 1. The number of benzene rings is 2. The number of nitro benzene ring substituents is 1. The molecule has 1 unspecified atom stereocenters. The van der Waals surface area contributed by atoms with Crippen molar-refractivity contribution in [2.45, 2.75) is 12.5 Å². The number of hydrogen-bond donors (Lipinski definition) is 2. The van der Waals surface area contributed by atoms with E-state index in [1.165, 1.54) is 12.1 Å². The number of nitrogens with one attached hydrogen (secondary N) is 1. The lowest BCUT2D eigenvalue weighted by Gasteiger charge is -2.16. The molecule has 2 aromatic rings. The van der Waals surface area contributed by atoms with E-state index in [2.05, 4.69) is 5.32 Å². The summed E-state index contributed by atoms with van der Waals surface area (Å²) in [5.74, 6) is -0.475. The molecule has 0 bridgehead atoms. The average molecular weight is 285 g/mol. The van der Waals surface area contributed by atoms with Crippen LogP contribution in [0.4, 0.5) is 11.4 Å². The summed E-state index contributed by atoms with van der Waals surface area (Å²) in [6.07, 6.45) is 0.452. The zero-order chi connectivity index (χ0) is 15.2.